The van der Waals surface area contributed by atoms with E-state index in [1.165, 1.54) is 28.6 Å². The molecule has 1 amide bonds. The summed E-state index contributed by atoms with van der Waals surface area (Å²) < 4.78 is 1.19. The maximum Gasteiger partial charge on any atom is 0.270 e. The summed E-state index contributed by atoms with van der Waals surface area (Å²) in [4.78, 5) is 15.3. The van der Waals surface area contributed by atoms with Gasteiger partial charge in [-0.1, -0.05) is 29.0 Å². The minimum absolute atomic E-state index is 0.0549. The van der Waals surface area contributed by atoms with Crippen LogP contribution in [0.1, 0.15) is 29.8 Å². The van der Waals surface area contributed by atoms with Crippen LogP contribution in [0.2, 0.25) is 0 Å². The van der Waals surface area contributed by atoms with Gasteiger partial charge in [-0.2, -0.15) is 0 Å². The molecule has 0 unspecified atom stereocenters. The zero-order valence-electron chi connectivity index (χ0n) is 7.83. The van der Waals surface area contributed by atoms with E-state index in [0.29, 0.717) is 5.69 Å². The highest BCUT2D eigenvalue weighted by molar-refractivity contribution is 14.1. The van der Waals surface area contributed by atoms with E-state index >= 15 is 0 Å². The SMILES string of the molecule is O=C(NCCCCCI)c1cscn1. The molecule has 0 aliphatic rings. The van der Waals surface area contributed by atoms with E-state index in [2.05, 4.69) is 32.9 Å². The van der Waals surface area contributed by atoms with Crippen molar-refractivity contribution in [3.05, 3.63) is 16.6 Å². The molecule has 0 aliphatic carbocycles. The molecule has 1 N–H and O–H groups in total. The van der Waals surface area contributed by atoms with Gasteiger partial charge < -0.3 is 5.32 Å². The summed E-state index contributed by atoms with van der Waals surface area (Å²) in [5, 5.41) is 4.61. The first-order valence-corrected chi connectivity index (χ1v) is 7.04. The summed E-state index contributed by atoms with van der Waals surface area (Å²) in [5.41, 5.74) is 2.20. The number of nitrogens with zero attached hydrogens (tertiary/aromatic N) is 1. The Kier molecular flexibility index (Phi) is 6.09. The molecule has 0 spiro atoms. The first-order valence-electron chi connectivity index (χ1n) is 4.57. The average molecular weight is 324 g/mol. The predicted molar refractivity (Wildman–Crippen MR) is 67.2 cm³/mol. The highest BCUT2D eigenvalue weighted by Gasteiger charge is 2.05. The van der Waals surface area contributed by atoms with Crippen molar-refractivity contribution < 1.29 is 4.79 Å². The van der Waals surface area contributed by atoms with Crippen LogP contribution in [-0.4, -0.2) is 21.9 Å². The van der Waals surface area contributed by atoms with Crippen LogP contribution >= 0.6 is 33.9 Å². The normalized spacial score (nSPS) is 10.1. The Morgan fingerprint density at radius 2 is 2.36 bits per heavy atom. The van der Waals surface area contributed by atoms with E-state index < -0.39 is 0 Å². The second kappa shape index (κ2) is 7.17. The smallest absolute Gasteiger partial charge is 0.270 e. The van der Waals surface area contributed by atoms with E-state index in [9.17, 15) is 4.79 Å². The Morgan fingerprint density at radius 1 is 1.50 bits per heavy atom. The molecule has 0 radical (unpaired) electrons. The first kappa shape index (κ1) is 11.9. The Balaban J connectivity index is 2.10. The number of alkyl halides is 1. The molecule has 78 valence electrons. The number of carbonyl (C=O) groups is 1. The molecule has 0 aliphatic heterocycles. The molecule has 1 aromatic rings. The summed E-state index contributed by atoms with van der Waals surface area (Å²) in [7, 11) is 0. The standard InChI is InChI=1S/C9H13IN2OS/c10-4-2-1-3-5-11-9(13)8-6-14-7-12-8/h6-7H,1-5H2,(H,11,13). The van der Waals surface area contributed by atoms with Gasteiger partial charge in [0.25, 0.3) is 5.91 Å². The van der Waals surface area contributed by atoms with E-state index in [4.69, 9.17) is 0 Å². The van der Waals surface area contributed by atoms with Crippen molar-refractivity contribution in [1.82, 2.24) is 10.3 Å². The van der Waals surface area contributed by atoms with Gasteiger partial charge in [0.15, 0.2) is 0 Å². The zero-order chi connectivity index (χ0) is 10.2. The van der Waals surface area contributed by atoms with Crippen molar-refractivity contribution >= 4 is 39.8 Å². The quantitative estimate of drug-likeness (QED) is 0.496. The number of thiazole rings is 1. The van der Waals surface area contributed by atoms with E-state index in [1.54, 1.807) is 10.9 Å². The number of hydrogen-bond donors (Lipinski definition) is 1. The summed E-state index contributed by atoms with van der Waals surface area (Å²) >= 11 is 3.81. The number of amides is 1. The average Bonchev–Trinajstić information content (AvgIpc) is 2.70. The predicted octanol–water partition coefficient (Wildman–Crippen LogP) is 2.48. The van der Waals surface area contributed by atoms with Crippen LogP contribution in [0, 0.1) is 0 Å². The van der Waals surface area contributed by atoms with Crippen molar-refractivity contribution in [3.63, 3.8) is 0 Å². The third kappa shape index (κ3) is 4.36. The molecular weight excluding hydrogens is 311 g/mol. The first-order chi connectivity index (χ1) is 6.84. The fourth-order valence-corrected chi connectivity index (χ4v) is 2.08. The molecule has 14 heavy (non-hydrogen) atoms. The maximum absolute atomic E-state index is 11.4. The molecule has 0 saturated heterocycles. The Hall–Kier alpha value is -0.170. The molecule has 0 fully saturated rings. The van der Waals surface area contributed by atoms with E-state index in [1.807, 2.05) is 0 Å². The highest BCUT2D eigenvalue weighted by atomic mass is 127. The monoisotopic (exact) mass is 324 g/mol. The third-order valence-corrected chi connectivity index (χ3v) is 3.11. The molecule has 1 aromatic heterocycles. The van der Waals surface area contributed by atoms with Crippen molar-refractivity contribution in [3.8, 4) is 0 Å². The topological polar surface area (TPSA) is 42.0 Å². The van der Waals surface area contributed by atoms with Gasteiger partial charge >= 0.3 is 0 Å². The largest absolute Gasteiger partial charge is 0.351 e. The van der Waals surface area contributed by atoms with Gasteiger partial charge in [0, 0.05) is 11.9 Å². The number of unbranched alkanes of at least 4 members (excludes halogenated alkanes) is 2. The van der Waals surface area contributed by atoms with E-state index in [-0.39, 0.29) is 5.91 Å². The Labute approximate surface area is 101 Å². The number of halogens is 1. The van der Waals surface area contributed by atoms with Crippen LogP contribution in [0.15, 0.2) is 10.9 Å². The molecule has 1 rings (SSSR count). The van der Waals surface area contributed by atoms with Gasteiger partial charge in [-0.25, -0.2) is 4.98 Å². The van der Waals surface area contributed by atoms with Crippen molar-refractivity contribution in [1.29, 1.82) is 0 Å². The molecule has 0 bridgehead atoms. The Morgan fingerprint density at radius 3 is 3.00 bits per heavy atom. The summed E-state index contributed by atoms with van der Waals surface area (Å²) in [6.07, 6.45) is 3.46. The molecule has 1 heterocycles. The van der Waals surface area contributed by atoms with Gasteiger partial charge in [0.1, 0.15) is 5.69 Å². The number of aromatic nitrogens is 1. The number of hydrogen-bond acceptors (Lipinski definition) is 3. The van der Waals surface area contributed by atoms with Gasteiger partial charge in [0.2, 0.25) is 0 Å². The highest BCUT2D eigenvalue weighted by Crippen LogP contribution is 2.01. The zero-order valence-corrected chi connectivity index (χ0v) is 10.8. The molecular formula is C9H13IN2OS. The molecule has 5 heteroatoms. The summed E-state index contributed by atoms with van der Waals surface area (Å²) in [5.74, 6) is -0.0549. The molecule has 0 saturated carbocycles. The van der Waals surface area contributed by atoms with Crippen molar-refractivity contribution in [2.45, 2.75) is 19.3 Å². The van der Waals surface area contributed by atoms with Crippen molar-refractivity contribution in [2.24, 2.45) is 0 Å². The lowest BCUT2D eigenvalue weighted by atomic mass is 10.2. The third-order valence-electron chi connectivity index (χ3n) is 1.76. The fraction of sp³-hybridized carbons (Fsp3) is 0.556. The fourth-order valence-electron chi connectivity index (χ4n) is 1.01. The second-order valence-electron chi connectivity index (χ2n) is 2.88. The van der Waals surface area contributed by atoms with E-state index in [0.717, 1.165) is 13.0 Å². The maximum atomic E-state index is 11.4. The van der Waals surface area contributed by atoms with Crippen LogP contribution in [-0.2, 0) is 0 Å². The molecule has 0 aromatic carbocycles. The van der Waals surface area contributed by atoms with Gasteiger partial charge in [-0.15, -0.1) is 11.3 Å². The number of carbonyl (C=O) groups excluding carboxylic acids is 1. The second-order valence-corrected chi connectivity index (χ2v) is 4.68. The summed E-state index contributed by atoms with van der Waals surface area (Å²) in [6.45, 7) is 0.757. The molecule has 3 nitrogen and oxygen atoms in total. The van der Waals surface area contributed by atoms with Crippen molar-refractivity contribution in [2.75, 3.05) is 11.0 Å². The van der Waals surface area contributed by atoms with Gasteiger partial charge in [-0.05, 0) is 17.3 Å². The van der Waals surface area contributed by atoms with Gasteiger partial charge in [-0.3, -0.25) is 4.79 Å². The van der Waals surface area contributed by atoms with Crippen LogP contribution in [0.3, 0.4) is 0 Å². The van der Waals surface area contributed by atoms with Crippen LogP contribution < -0.4 is 5.32 Å². The minimum atomic E-state index is -0.0549. The van der Waals surface area contributed by atoms with Crippen LogP contribution in [0.5, 0.6) is 0 Å². The molecule has 0 atom stereocenters. The van der Waals surface area contributed by atoms with Gasteiger partial charge in [0.05, 0.1) is 5.51 Å². The van der Waals surface area contributed by atoms with Crippen LogP contribution in [0.4, 0.5) is 0 Å². The van der Waals surface area contributed by atoms with Crippen LogP contribution in [0.25, 0.3) is 0 Å². The number of rotatable bonds is 6. The lowest BCUT2D eigenvalue weighted by molar-refractivity contribution is 0.0948. The number of nitrogens with one attached hydrogen (secondary N) is 1. The lowest BCUT2D eigenvalue weighted by Gasteiger charge is -2.01. The summed E-state index contributed by atoms with van der Waals surface area (Å²) in [6, 6.07) is 0. The minimum Gasteiger partial charge on any atom is -0.351 e. The lowest BCUT2D eigenvalue weighted by Crippen LogP contribution is -2.24. The Bertz CT molecular complexity index is 264.